The molecule has 4 heteroatoms. The molecule has 1 saturated carbocycles. The van der Waals surface area contributed by atoms with E-state index in [0.717, 1.165) is 38.9 Å². The first kappa shape index (κ1) is 18.4. The van der Waals surface area contributed by atoms with E-state index in [4.69, 9.17) is 5.73 Å². The fourth-order valence-corrected chi connectivity index (χ4v) is 3.83. The number of hydrogen-bond acceptors (Lipinski definition) is 3. The summed E-state index contributed by atoms with van der Waals surface area (Å²) in [5.41, 5.74) is 6.22. The Balaban J connectivity index is 2.85. The lowest BCUT2D eigenvalue weighted by Crippen LogP contribution is -2.58. The van der Waals surface area contributed by atoms with Crippen molar-refractivity contribution in [3.05, 3.63) is 0 Å². The quantitative estimate of drug-likeness (QED) is 0.749. The molecule has 0 bridgehead atoms. The van der Waals surface area contributed by atoms with Crippen LogP contribution in [0.15, 0.2) is 0 Å². The number of rotatable bonds is 8. The third kappa shape index (κ3) is 4.68. The fraction of sp³-hybridized carbons (Fsp3) is 0.941. The van der Waals surface area contributed by atoms with Crippen molar-refractivity contribution in [1.82, 2.24) is 9.80 Å². The van der Waals surface area contributed by atoms with Crippen LogP contribution in [-0.2, 0) is 4.79 Å². The summed E-state index contributed by atoms with van der Waals surface area (Å²) in [6, 6.07) is 0. The van der Waals surface area contributed by atoms with Crippen molar-refractivity contribution >= 4 is 5.91 Å². The molecule has 0 spiro atoms. The topological polar surface area (TPSA) is 49.6 Å². The SMILES string of the molecule is CCCN(CC(=O)N(CC)CC)C1(CN)CCCC(C)C1. The van der Waals surface area contributed by atoms with Gasteiger partial charge in [-0.05, 0) is 45.6 Å². The molecule has 1 fully saturated rings. The van der Waals surface area contributed by atoms with Crippen molar-refractivity contribution in [3.63, 3.8) is 0 Å². The lowest BCUT2D eigenvalue weighted by Gasteiger charge is -2.48. The minimum atomic E-state index is 0.0382. The molecule has 0 aromatic heterocycles. The van der Waals surface area contributed by atoms with Crippen LogP contribution in [0.1, 0.15) is 59.8 Å². The highest BCUT2D eigenvalue weighted by Gasteiger charge is 2.39. The van der Waals surface area contributed by atoms with Crippen molar-refractivity contribution in [2.24, 2.45) is 11.7 Å². The molecule has 0 radical (unpaired) electrons. The van der Waals surface area contributed by atoms with E-state index in [1.807, 2.05) is 18.7 Å². The zero-order valence-electron chi connectivity index (χ0n) is 14.5. The highest BCUT2D eigenvalue weighted by atomic mass is 16.2. The van der Waals surface area contributed by atoms with Gasteiger partial charge in [0.25, 0.3) is 0 Å². The molecule has 0 saturated heterocycles. The third-order valence-corrected chi connectivity index (χ3v) is 5.05. The summed E-state index contributed by atoms with van der Waals surface area (Å²) in [5.74, 6) is 0.963. The number of nitrogens with zero attached hydrogens (tertiary/aromatic N) is 2. The van der Waals surface area contributed by atoms with Crippen molar-refractivity contribution < 1.29 is 4.79 Å². The molecule has 0 aliphatic heterocycles. The van der Waals surface area contributed by atoms with E-state index < -0.39 is 0 Å². The van der Waals surface area contributed by atoms with Crippen LogP contribution in [0.25, 0.3) is 0 Å². The molecule has 124 valence electrons. The lowest BCUT2D eigenvalue weighted by atomic mass is 9.75. The van der Waals surface area contributed by atoms with Crippen LogP contribution >= 0.6 is 0 Å². The smallest absolute Gasteiger partial charge is 0.236 e. The molecular formula is C17H35N3O. The van der Waals surface area contributed by atoms with Gasteiger partial charge in [-0.25, -0.2) is 0 Å². The first-order chi connectivity index (χ1) is 10.0. The first-order valence-electron chi connectivity index (χ1n) is 8.75. The van der Waals surface area contributed by atoms with Gasteiger partial charge in [0.15, 0.2) is 0 Å². The Hall–Kier alpha value is -0.610. The Kier molecular flexibility index (Phi) is 7.67. The summed E-state index contributed by atoms with van der Waals surface area (Å²) in [6.45, 7) is 12.4. The van der Waals surface area contributed by atoms with Crippen LogP contribution in [-0.4, -0.2) is 54.0 Å². The Morgan fingerprint density at radius 1 is 1.29 bits per heavy atom. The maximum Gasteiger partial charge on any atom is 0.236 e. The summed E-state index contributed by atoms with van der Waals surface area (Å²) in [4.78, 5) is 16.8. The minimum absolute atomic E-state index is 0.0382. The van der Waals surface area contributed by atoms with Gasteiger partial charge in [-0.2, -0.15) is 0 Å². The van der Waals surface area contributed by atoms with Gasteiger partial charge in [0.1, 0.15) is 0 Å². The highest BCUT2D eigenvalue weighted by Crippen LogP contribution is 2.36. The number of hydrogen-bond donors (Lipinski definition) is 1. The van der Waals surface area contributed by atoms with Gasteiger partial charge in [0, 0.05) is 25.2 Å². The zero-order valence-corrected chi connectivity index (χ0v) is 14.5. The van der Waals surface area contributed by atoms with Gasteiger partial charge in [-0.3, -0.25) is 9.69 Å². The van der Waals surface area contributed by atoms with Crippen molar-refractivity contribution in [3.8, 4) is 0 Å². The number of carbonyl (C=O) groups is 1. The molecule has 0 aromatic rings. The highest BCUT2D eigenvalue weighted by molar-refractivity contribution is 5.78. The van der Waals surface area contributed by atoms with Gasteiger partial charge >= 0.3 is 0 Å². The lowest BCUT2D eigenvalue weighted by molar-refractivity contribution is -0.134. The molecule has 0 aromatic carbocycles. The Morgan fingerprint density at radius 2 is 1.95 bits per heavy atom. The second kappa shape index (κ2) is 8.74. The van der Waals surface area contributed by atoms with Crippen LogP contribution < -0.4 is 5.73 Å². The average Bonchev–Trinajstić information content (AvgIpc) is 2.48. The number of amides is 1. The summed E-state index contributed by atoms with van der Waals surface area (Å²) in [5, 5.41) is 0. The van der Waals surface area contributed by atoms with E-state index in [-0.39, 0.29) is 11.4 Å². The predicted octanol–water partition coefficient (Wildman–Crippen LogP) is 2.47. The third-order valence-electron chi connectivity index (χ3n) is 5.05. The molecule has 2 atom stereocenters. The molecule has 0 heterocycles. The first-order valence-corrected chi connectivity index (χ1v) is 8.75. The summed E-state index contributed by atoms with van der Waals surface area (Å²) >= 11 is 0. The molecule has 1 aliphatic carbocycles. The van der Waals surface area contributed by atoms with Gasteiger partial charge in [0.05, 0.1) is 6.54 Å². The van der Waals surface area contributed by atoms with E-state index in [1.165, 1.54) is 12.8 Å². The predicted molar refractivity (Wildman–Crippen MR) is 89.2 cm³/mol. The Bertz CT molecular complexity index is 317. The standard InChI is InChI=1S/C17H35N3O/c1-5-11-20(13-16(21)19(6-2)7-3)17(14-18)10-8-9-15(4)12-17/h15H,5-14,18H2,1-4H3. The van der Waals surface area contributed by atoms with Crippen LogP contribution in [0.5, 0.6) is 0 Å². The molecule has 4 nitrogen and oxygen atoms in total. The number of nitrogens with two attached hydrogens (primary N) is 1. The normalized spacial score (nSPS) is 26.1. The van der Waals surface area contributed by atoms with E-state index in [9.17, 15) is 4.79 Å². The van der Waals surface area contributed by atoms with E-state index in [0.29, 0.717) is 19.0 Å². The number of carbonyl (C=O) groups excluding carboxylic acids is 1. The van der Waals surface area contributed by atoms with Crippen LogP contribution in [0.2, 0.25) is 0 Å². The average molecular weight is 297 g/mol. The zero-order chi connectivity index (χ0) is 15.9. The fourth-order valence-electron chi connectivity index (χ4n) is 3.83. The van der Waals surface area contributed by atoms with Crippen molar-refractivity contribution in [2.75, 3.05) is 32.7 Å². The molecule has 21 heavy (non-hydrogen) atoms. The van der Waals surface area contributed by atoms with Gasteiger partial charge in [-0.15, -0.1) is 0 Å². The van der Waals surface area contributed by atoms with Crippen LogP contribution in [0.3, 0.4) is 0 Å². The monoisotopic (exact) mass is 297 g/mol. The van der Waals surface area contributed by atoms with Gasteiger partial charge < -0.3 is 10.6 Å². The van der Waals surface area contributed by atoms with E-state index in [2.05, 4.69) is 18.7 Å². The summed E-state index contributed by atoms with van der Waals surface area (Å²) in [7, 11) is 0. The molecule has 1 rings (SSSR count). The molecule has 2 N–H and O–H groups in total. The largest absolute Gasteiger partial charge is 0.342 e. The van der Waals surface area contributed by atoms with Crippen molar-refractivity contribution in [1.29, 1.82) is 0 Å². The molecule has 1 aliphatic rings. The van der Waals surface area contributed by atoms with E-state index in [1.54, 1.807) is 0 Å². The Labute approximate surface area is 131 Å². The molecule has 2 unspecified atom stereocenters. The summed E-state index contributed by atoms with van der Waals surface area (Å²) in [6.07, 6.45) is 5.87. The van der Waals surface area contributed by atoms with Crippen molar-refractivity contribution in [2.45, 2.75) is 65.3 Å². The minimum Gasteiger partial charge on any atom is -0.342 e. The van der Waals surface area contributed by atoms with E-state index >= 15 is 0 Å². The second-order valence-corrected chi connectivity index (χ2v) is 6.62. The maximum atomic E-state index is 12.5. The second-order valence-electron chi connectivity index (χ2n) is 6.62. The van der Waals surface area contributed by atoms with Crippen LogP contribution in [0, 0.1) is 5.92 Å². The Morgan fingerprint density at radius 3 is 2.43 bits per heavy atom. The maximum absolute atomic E-state index is 12.5. The van der Waals surface area contributed by atoms with Crippen LogP contribution in [0.4, 0.5) is 0 Å². The van der Waals surface area contributed by atoms with Gasteiger partial charge in [-0.1, -0.05) is 26.7 Å². The van der Waals surface area contributed by atoms with Gasteiger partial charge in [0.2, 0.25) is 5.91 Å². The molecular weight excluding hydrogens is 262 g/mol. The molecule has 1 amide bonds. The summed E-state index contributed by atoms with van der Waals surface area (Å²) < 4.78 is 0. The number of likely N-dealkylation sites (N-methyl/N-ethyl adjacent to an activating group) is 1.